The van der Waals surface area contributed by atoms with Gasteiger partial charge >= 0.3 is 5.97 Å². The highest BCUT2D eigenvalue weighted by molar-refractivity contribution is 7.08. The molecule has 0 spiro atoms. The van der Waals surface area contributed by atoms with Crippen molar-refractivity contribution < 1.29 is 14.7 Å². The highest BCUT2D eigenvalue weighted by Crippen LogP contribution is 2.11. The molecule has 106 valence electrons. The summed E-state index contributed by atoms with van der Waals surface area (Å²) >= 11 is 0.958. The minimum atomic E-state index is -1.11. The number of aliphatic carboxylic acids is 1. The second-order valence-corrected chi connectivity index (χ2v) is 4.80. The number of H-pyrrole nitrogens is 1. The van der Waals surface area contributed by atoms with Crippen molar-refractivity contribution in [1.82, 2.24) is 24.9 Å². The van der Waals surface area contributed by atoms with Crippen LogP contribution in [0.5, 0.6) is 0 Å². The molecule has 0 aliphatic rings. The van der Waals surface area contributed by atoms with Gasteiger partial charge in [-0.05, 0) is 18.0 Å². The van der Waals surface area contributed by atoms with Gasteiger partial charge in [0.25, 0.3) is 5.91 Å². The van der Waals surface area contributed by atoms with Gasteiger partial charge in [-0.1, -0.05) is 11.4 Å². The van der Waals surface area contributed by atoms with E-state index < -0.39 is 17.9 Å². The van der Waals surface area contributed by atoms with Gasteiger partial charge in [-0.15, -0.1) is 5.10 Å². The van der Waals surface area contributed by atoms with E-state index in [4.69, 9.17) is 5.11 Å². The summed E-state index contributed by atoms with van der Waals surface area (Å²) in [7, 11) is 0. The van der Waals surface area contributed by atoms with Gasteiger partial charge in [0.15, 0.2) is 0 Å². The molecule has 1 atom stereocenters. The second-order valence-electron chi connectivity index (χ2n) is 4.05. The first-order valence-electron chi connectivity index (χ1n) is 5.94. The molecule has 0 radical (unpaired) electrons. The molecule has 0 fully saturated rings. The van der Waals surface area contributed by atoms with Crippen molar-refractivity contribution in [2.45, 2.75) is 25.8 Å². The van der Waals surface area contributed by atoms with E-state index in [2.05, 4.69) is 24.9 Å². The molecule has 2 aromatic rings. The Labute approximate surface area is 118 Å². The zero-order valence-electron chi connectivity index (χ0n) is 10.7. The number of carbonyl (C=O) groups excluding carboxylic acids is 1. The summed E-state index contributed by atoms with van der Waals surface area (Å²) in [5.74, 6) is -1.58. The maximum Gasteiger partial charge on any atom is 0.326 e. The standard InChI is InChI=1S/C11H13N5O3S/c1-2-7-9(20-16-15-7)10(17)14-8(11(18)19)3-6-4-12-5-13-6/h4-5,8H,2-3H2,1H3,(H,12,13)(H,14,17)(H,18,19)/t8-/m0/s1. The molecule has 0 aliphatic heterocycles. The third-order valence-electron chi connectivity index (χ3n) is 2.68. The van der Waals surface area contributed by atoms with Crippen LogP contribution in [0.15, 0.2) is 12.5 Å². The molecule has 8 nitrogen and oxygen atoms in total. The van der Waals surface area contributed by atoms with Crippen LogP contribution >= 0.6 is 11.5 Å². The number of hydrogen-bond donors (Lipinski definition) is 3. The van der Waals surface area contributed by atoms with E-state index in [1.165, 1.54) is 12.5 Å². The number of aromatic nitrogens is 4. The van der Waals surface area contributed by atoms with Crippen LogP contribution in [0.1, 0.15) is 28.0 Å². The molecular weight excluding hydrogens is 282 g/mol. The number of rotatable bonds is 6. The monoisotopic (exact) mass is 295 g/mol. The number of carboxylic acid groups (broad SMARTS) is 1. The fraction of sp³-hybridized carbons (Fsp3) is 0.364. The minimum Gasteiger partial charge on any atom is -0.480 e. The summed E-state index contributed by atoms with van der Waals surface area (Å²) in [5.41, 5.74) is 1.20. The van der Waals surface area contributed by atoms with E-state index in [-0.39, 0.29) is 6.42 Å². The average Bonchev–Trinajstić information content (AvgIpc) is 3.08. The van der Waals surface area contributed by atoms with Crippen LogP contribution in [0.4, 0.5) is 0 Å². The molecule has 20 heavy (non-hydrogen) atoms. The van der Waals surface area contributed by atoms with Crippen LogP contribution in [-0.4, -0.2) is 42.6 Å². The van der Waals surface area contributed by atoms with Crippen molar-refractivity contribution in [3.05, 3.63) is 28.8 Å². The smallest absolute Gasteiger partial charge is 0.326 e. The van der Waals surface area contributed by atoms with E-state index in [1.807, 2.05) is 6.92 Å². The number of hydrogen-bond acceptors (Lipinski definition) is 6. The van der Waals surface area contributed by atoms with Gasteiger partial charge in [0.05, 0.1) is 12.0 Å². The van der Waals surface area contributed by atoms with E-state index in [0.29, 0.717) is 22.7 Å². The SMILES string of the molecule is CCc1nnsc1C(=O)N[C@@H](Cc1cnc[nH]1)C(=O)O. The predicted octanol–water partition coefficient (Wildman–Crippen LogP) is 0.249. The van der Waals surface area contributed by atoms with Crippen molar-refractivity contribution in [3.63, 3.8) is 0 Å². The Balaban J connectivity index is 2.08. The molecule has 0 aliphatic carbocycles. The van der Waals surface area contributed by atoms with Gasteiger partial charge in [-0.3, -0.25) is 4.79 Å². The maximum atomic E-state index is 12.1. The summed E-state index contributed by atoms with van der Waals surface area (Å²) < 4.78 is 3.71. The van der Waals surface area contributed by atoms with Crippen molar-refractivity contribution in [1.29, 1.82) is 0 Å². The van der Waals surface area contributed by atoms with Gasteiger partial charge in [0, 0.05) is 18.3 Å². The van der Waals surface area contributed by atoms with Crippen LogP contribution in [0.2, 0.25) is 0 Å². The lowest BCUT2D eigenvalue weighted by molar-refractivity contribution is -0.139. The fourth-order valence-corrected chi connectivity index (χ4v) is 2.31. The largest absolute Gasteiger partial charge is 0.480 e. The second kappa shape index (κ2) is 6.24. The first-order valence-corrected chi connectivity index (χ1v) is 6.71. The number of aromatic amines is 1. The Hall–Kier alpha value is -2.29. The first kappa shape index (κ1) is 14.1. The first-order chi connectivity index (χ1) is 9.61. The Morgan fingerprint density at radius 2 is 2.35 bits per heavy atom. The summed E-state index contributed by atoms with van der Waals surface area (Å²) in [4.78, 5) is 30.2. The lowest BCUT2D eigenvalue weighted by Gasteiger charge is -2.13. The molecule has 9 heteroatoms. The molecule has 0 aromatic carbocycles. The summed E-state index contributed by atoms with van der Waals surface area (Å²) in [6, 6.07) is -1.03. The van der Waals surface area contributed by atoms with Crippen LogP contribution in [0.3, 0.4) is 0 Å². The van der Waals surface area contributed by atoms with Gasteiger partial charge in [-0.2, -0.15) is 0 Å². The van der Waals surface area contributed by atoms with Gasteiger partial charge in [0.2, 0.25) is 0 Å². The van der Waals surface area contributed by atoms with Crippen molar-refractivity contribution in [2.75, 3.05) is 0 Å². The van der Waals surface area contributed by atoms with Crippen LogP contribution < -0.4 is 5.32 Å². The lowest BCUT2D eigenvalue weighted by atomic mass is 10.1. The van der Waals surface area contributed by atoms with Gasteiger partial charge < -0.3 is 15.4 Å². The van der Waals surface area contributed by atoms with E-state index >= 15 is 0 Å². The molecule has 1 amide bonds. The highest BCUT2D eigenvalue weighted by atomic mass is 32.1. The number of nitrogens with zero attached hydrogens (tertiary/aromatic N) is 3. The molecule has 0 unspecified atom stereocenters. The zero-order valence-corrected chi connectivity index (χ0v) is 11.5. The molecule has 2 rings (SSSR count). The Morgan fingerprint density at radius 3 is 2.95 bits per heavy atom. The number of carboxylic acids is 1. The highest BCUT2D eigenvalue weighted by Gasteiger charge is 2.24. The normalized spacial score (nSPS) is 12.1. The van der Waals surface area contributed by atoms with Crippen molar-refractivity contribution >= 4 is 23.4 Å². The van der Waals surface area contributed by atoms with E-state index in [0.717, 1.165) is 11.5 Å². The maximum absolute atomic E-state index is 12.1. The molecule has 0 saturated heterocycles. The van der Waals surface area contributed by atoms with Crippen molar-refractivity contribution in [3.8, 4) is 0 Å². The molecule has 2 heterocycles. The van der Waals surface area contributed by atoms with Crippen LogP contribution in [0.25, 0.3) is 0 Å². The van der Waals surface area contributed by atoms with E-state index in [1.54, 1.807) is 0 Å². The molecule has 3 N–H and O–H groups in total. The Bertz CT molecular complexity index is 595. The predicted molar refractivity (Wildman–Crippen MR) is 70.5 cm³/mol. The molecular formula is C11H13N5O3S. The zero-order chi connectivity index (χ0) is 14.5. The minimum absolute atomic E-state index is 0.134. The number of carbonyl (C=O) groups is 2. The molecule has 0 saturated carbocycles. The topological polar surface area (TPSA) is 121 Å². The molecule has 2 aromatic heterocycles. The van der Waals surface area contributed by atoms with Gasteiger partial charge in [-0.25, -0.2) is 9.78 Å². The average molecular weight is 295 g/mol. The summed E-state index contributed by atoms with van der Waals surface area (Å²) in [5, 5.41) is 15.5. The fourth-order valence-electron chi connectivity index (χ4n) is 1.65. The Kier molecular flexibility index (Phi) is 4.41. The lowest BCUT2D eigenvalue weighted by Crippen LogP contribution is -2.42. The number of imidazole rings is 1. The van der Waals surface area contributed by atoms with Crippen LogP contribution in [-0.2, 0) is 17.6 Å². The van der Waals surface area contributed by atoms with Crippen LogP contribution in [0, 0.1) is 0 Å². The van der Waals surface area contributed by atoms with Gasteiger partial charge in [0.1, 0.15) is 10.9 Å². The quantitative estimate of drug-likeness (QED) is 0.702. The third-order valence-corrected chi connectivity index (χ3v) is 3.45. The summed E-state index contributed by atoms with van der Waals surface area (Å²) in [6.45, 7) is 1.85. The number of amides is 1. The van der Waals surface area contributed by atoms with Crippen molar-refractivity contribution in [2.24, 2.45) is 0 Å². The van der Waals surface area contributed by atoms with E-state index in [9.17, 15) is 9.59 Å². The number of nitrogens with one attached hydrogen (secondary N) is 2. The molecule has 0 bridgehead atoms. The Morgan fingerprint density at radius 1 is 1.55 bits per heavy atom. The third kappa shape index (κ3) is 3.18. The number of aryl methyl sites for hydroxylation is 1. The summed E-state index contributed by atoms with van der Waals surface area (Å²) in [6.07, 6.45) is 3.68.